The summed E-state index contributed by atoms with van der Waals surface area (Å²) in [4.78, 5) is 20.1. The molecule has 2 rings (SSSR count). The Balaban J connectivity index is 2.28. The molecular weight excluding hydrogens is 285 g/mol. The van der Waals surface area contributed by atoms with Crippen LogP contribution in [-0.4, -0.2) is 15.9 Å². The Morgan fingerprint density at radius 2 is 1.95 bits per heavy atom. The second-order valence-corrected chi connectivity index (χ2v) is 4.81. The van der Waals surface area contributed by atoms with E-state index in [-0.39, 0.29) is 17.0 Å². The molecule has 0 aliphatic heterocycles. The molecule has 0 spiro atoms. The summed E-state index contributed by atoms with van der Waals surface area (Å²) in [6.45, 7) is 3.60. The zero-order valence-corrected chi connectivity index (χ0v) is 11.9. The number of anilines is 1. The lowest BCUT2D eigenvalue weighted by Gasteiger charge is -2.07. The van der Waals surface area contributed by atoms with Crippen LogP contribution in [0.4, 0.5) is 5.95 Å². The van der Waals surface area contributed by atoms with Crippen LogP contribution in [0, 0.1) is 13.8 Å². The SMILES string of the molecule is Cc1cc(Cl)nc(NC(=O)c2cccc(C)c2Cl)n1. The van der Waals surface area contributed by atoms with Gasteiger partial charge in [0.2, 0.25) is 5.95 Å². The van der Waals surface area contributed by atoms with Gasteiger partial charge >= 0.3 is 0 Å². The van der Waals surface area contributed by atoms with Crippen LogP contribution in [0.5, 0.6) is 0 Å². The maximum atomic E-state index is 12.1. The van der Waals surface area contributed by atoms with Crippen molar-refractivity contribution in [2.75, 3.05) is 5.32 Å². The van der Waals surface area contributed by atoms with Crippen LogP contribution in [-0.2, 0) is 0 Å². The van der Waals surface area contributed by atoms with Crippen LogP contribution in [0.2, 0.25) is 10.2 Å². The third-order valence-corrected chi connectivity index (χ3v) is 3.18. The second-order valence-electron chi connectivity index (χ2n) is 4.05. The smallest absolute Gasteiger partial charge is 0.259 e. The summed E-state index contributed by atoms with van der Waals surface area (Å²) in [5.74, 6) is -0.206. The highest BCUT2D eigenvalue weighted by Gasteiger charge is 2.13. The lowest BCUT2D eigenvalue weighted by atomic mass is 10.1. The minimum absolute atomic E-state index is 0.160. The van der Waals surface area contributed by atoms with Gasteiger partial charge in [0.15, 0.2) is 0 Å². The average Bonchev–Trinajstić information content (AvgIpc) is 2.31. The highest BCUT2D eigenvalue weighted by Crippen LogP contribution is 2.21. The first-order valence-corrected chi connectivity index (χ1v) is 6.30. The van der Waals surface area contributed by atoms with E-state index in [0.29, 0.717) is 16.3 Å². The molecule has 6 heteroatoms. The van der Waals surface area contributed by atoms with Gasteiger partial charge in [-0.3, -0.25) is 10.1 Å². The number of carbonyl (C=O) groups is 1. The maximum absolute atomic E-state index is 12.1. The van der Waals surface area contributed by atoms with Gasteiger partial charge < -0.3 is 0 Å². The fraction of sp³-hybridized carbons (Fsp3) is 0.154. The summed E-state index contributed by atoms with van der Waals surface area (Å²) in [6.07, 6.45) is 0. The second kappa shape index (κ2) is 5.55. The number of aromatic nitrogens is 2. The van der Waals surface area contributed by atoms with E-state index in [1.165, 1.54) is 0 Å². The van der Waals surface area contributed by atoms with Crippen LogP contribution in [0.15, 0.2) is 24.3 Å². The Morgan fingerprint density at radius 3 is 2.63 bits per heavy atom. The summed E-state index contributed by atoms with van der Waals surface area (Å²) in [5, 5.41) is 3.27. The predicted octanol–water partition coefficient (Wildman–Crippen LogP) is 3.65. The van der Waals surface area contributed by atoms with E-state index < -0.39 is 0 Å². The largest absolute Gasteiger partial charge is 0.290 e. The number of nitrogens with one attached hydrogen (secondary N) is 1. The van der Waals surface area contributed by atoms with Gasteiger partial charge in [-0.1, -0.05) is 35.3 Å². The van der Waals surface area contributed by atoms with Crippen LogP contribution >= 0.6 is 23.2 Å². The molecular formula is C13H11Cl2N3O. The molecule has 0 atom stereocenters. The third-order valence-electron chi connectivity index (χ3n) is 2.48. The Labute approximate surface area is 120 Å². The minimum Gasteiger partial charge on any atom is -0.290 e. The summed E-state index contributed by atoms with van der Waals surface area (Å²) in [7, 11) is 0. The summed E-state index contributed by atoms with van der Waals surface area (Å²) in [6, 6.07) is 6.85. The van der Waals surface area contributed by atoms with Gasteiger partial charge in [0.1, 0.15) is 5.15 Å². The first-order valence-electron chi connectivity index (χ1n) is 5.55. The van der Waals surface area contributed by atoms with E-state index in [4.69, 9.17) is 23.2 Å². The zero-order chi connectivity index (χ0) is 14.0. The number of nitrogens with zero attached hydrogens (tertiary/aromatic N) is 2. The number of aryl methyl sites for hydroxylation is 2. The monoisotopic (exact) mass is 295 g/mol. The van der Waals surface area contributed by atoms with Crippen LogP contribution in [0.25, 0.3) is 0 Å². The Morgan fingerprint density at radius 1 is 1.21 bits per heavy atom. The standard InChI is InChI=1S/C13H11Cl2N3O/c1-7-4-3-5-9(11(7)15)12(19)18-13-16-8(2)6-10(14)17-13/h3-6H,1-2H3,(H,16,17,18,19). The van der Waals surface area contributed by atoms with Gasteiger partial charge in [0.05, 0.1) is 10.6 Å². The van der Waals surface area contributed by atoms with Crippen molar-refractivity contribution in [3.05, 3.63) is 51.3 Å². The molecule has 0 fully saturated rings. The molecule has 1 heterocycles. The Kier molecular flexibility index (Phi) is 4.02. The Bertz CT molecular complexity index is 624. The lowest BCUT2D eigenvalue weighted by molar-refractivity contribution is 0.102. The molecule has 0 radical (unpaired) electrons. The summed E-state index contributed by atoms with van der Waals surface area (Å²) >= 11 is 11.9. The van der Waals surface area contributed by atoms with E-state index in [1.807, 2.05) is 13.0 Å². The quantitative estimate of drug-likeness (QED) is 0.861. The maximum Gasteiger partial charge on any atom is 0.259 e. The van der Waals surface area contributed by atoms with E-state index >= 15 is 0 Å². The van der Waals surface area contributed by atoms with E-state index in [1.54, 1.807) is 25.1 Å². The molecule has 0 unspecified atom stereocenters. The van der Waals surface area contributed by atoms with E-state index in [9.17, 15) is 4.79 Å². The number of hydrogen-bond acceptors (Lipinski definition) is 3. The molecule has 0 saturated carbocycles. The van der Waals surface area contributed by atoms with E-state index in [0.717, 1.165) is 5.56 Å². The molecule has 0 saturated heterocycles. The number of hydrogen-bond donors (Lipinski definition) is 1. The van der Waals surface area contributed by atoms with Crippen molar-refractivity contribution < 1.29 is 4.79 Å². The highest BCUT2D eigenvalue weighted by atomic mass is 35.5. The van der Waals surface area contributed by atoms with Crippen LogP contribution in [0.1, 0.15) is 21.6 Å². The highest BCUT2D eigenvalue weighted by molar-refractivity contribution is 6.35. The topological polar surface area (TPSA) is 54.9 Å². The van der Waals surface area contributed by atoms with Gasteiger partial charge in [-0.05, 0) is 31.5 Å². The van der Waals surface area contributed by atoms with Crippen LogP contribution < -0.4 is 5.32 Å². The molecule has 2 aromatic rings. The van der Waals surface area contributed by atoms with Crippen molar-refractivity contribution in [2.24, 2.45) is 0 Å². The summed E-state index contributed by atoms with van der Waals surface area (Å²) < 4.78 is 0. The molecule has 98 valence electrons. The van der Waals surface area contributed by atoms with Gasteiger partial charge in [-0.25, -0.2) is 9.97 Å². The number of amides is 1. The minimum atomic E-state index is -0.365. The molecule has 1 N–H and O–H groups in total. The van der Waals surface area contributed by atoms with E-state index in [2.05, 4.69) is 15.3 Å². The molecule has 1 amide bonds. The fourth-order valence-corrected chi connectivity index (χ4v) is 2.03. The van der Waals surface area contributed by atoms with Crippen LogP contribution in [0.3, 0.4) is 0 Å². The molecule has 0 aliphatic carbocycles. The lowest BCUT2D eigenvalue weighted by Crippen LogP contribution is -2.15. The average molecular weight is 296 g/mol. The van der Waals surface area contributed by atoms with Crippen molar-refractivity contribution in [3.8, 4) is 0 Å². The first kappa shape index (κ1) is 13.8. The van der Waals surface area contributed by atoms with Gasteiger partial charge in [0, 0.05) is 5.69 Å². The molecule has 4 nitrogen and oxygen atoms in total. The van der Waals surface area contributed by atoms with Gasteiger partial charge in [-0.2, -0.15) is 0 Å². The number of halogens is 2. The van der Waals surface area contributed by atoms with Crippen molar-refractivity contribution in [1.82, 2.24) is 9.97 Å². The zero-order valence-electron chi connectivity index (χ0n) is 10.4. The normalized spacial score (nSPS) is 10.3. The number of carbonyl (C=O) groups excluding carboxylic acids is 1. The van der Waals surface area contributed by atoms with Crippen molar-refractivity contribution in [2.45, 2.75) is 13.8 Å². The number of rotatable bonds is 2. The van der Waals surface area contributed by atoms with Crippen molar-refractivity contribution in [1.29, 1.82) is 0 Å². The molecule has 1 aromatic carbocycles. The van der Waals surface area contributed by atoms with Crippen molar-refractivity contribution >= 4 is 35.1 Å². The molecule has 0 aliphatic rings. The van der Waals surface area contributed by atoms with Gasteiger partial charge in [0.25, 0.3) is 5.91 Å². The molecule has 0 bridgehead atoms. The predicted molar refractivity (Wildman–Crippen MR) is 75.9 cm³/mol. The van der Waals surface area contributed by atoms with Crippen molar-refractivity contribution in [3.63, 3.8) is 0 Å². The first-order chi connectivity index (χ1) is 8.97. The molecule has 19 heavy (non-hydrogen) atoms. The Hall–Kier alpha value is -1.65. The number of benzene rings is 1. The van der Waals surface area contributed by atoms with Gasteiger partial charge in [-0.15, -0.1) is 0 Å². The third kappa shape index (κ3) is 3.22. The fourth-order valence-electron chi connectivity index (χ4n) is 1.58. The summed E-state index contributed by atoms with van der Waals surface area (Å²) in [5.41, 5.74) is 1.88. The molecule has 1 aromatic heterocycles.